The fourth-order valence-corrected chi connectivity index (χ4v) is 1.92. The first kappa shape index (κ1) is 13.8. The molecule has 17 heavy (non-hydrogen) atoms. The van der Waals surface area contributed by atoms with Crippen LogP contribution in [0.5, 0.6) is 0 Å². The van der Waals surface area contributed by atoms with E-state index in [1.54, 1.807) is 12.1 Å². The first-order chi connectivity index (χ1) is 8.24. The smallest absolute Gasteiger partial charge is 0.242 e. The fraction of sp³-hybridized carbons (Fsp3) is 0.533. The normalized spacial score (nSPS) is 10.4. The van der Waals surface area contributed by atoms with Gasteiger partial charge in [-0.2, -0.15) is 0 Å². The van der Waals surface area contributed by atoms with Crippen molar-refractivity contribution in [3.63, 3.8) is 0 Å². The molecule has 0 saturated carbocycles. The van der Waals surface area contributed by atoms with Crippen LogP contribution >= 0.6 is 0 Å². The topological polar surface area (TPSA) is 37.0 Å². The van der Waals surface area contributed by atoms with E-state index in [9.17, 15) is 9.90 Å². The molecule has 0 aromatic heterocycles. The van der Waals surface area contributed by atoms with E-state index in [1.165, 1.54) is 44.1 Å². The molecule has 0 heterocycles. The molecule has 0 bridgehead atoms. The summed E-state index contributed by atoms with van der Waals surface area (Å²) in [5.74, 6) is -1.10. The van der Waals surface area contributed by atoms with E-state index in [0.717, 1.165) is 6.42 Å². The average Bonchev–Trinajstić information content (AvgIpc) is 2.34. The number of carbonyl (C=O) groups excluding carboxylic acids is 1. The third kappa shape index (κ3) is 5.53. The molecule has 0 unspecified atom stereocenters. The molecule has 0 spiro atoms. The zero-order valence-corrected chi connectivity index (χ0v) is 10.6. The van der Waals surface area contributed by atoms with Crippen molar-refractivity contribution >= 4 is 5.97 Å². The van der Waals surface area contributed by atoms with Crippen LogP contribution in [0.25, 0.3) is 0 Å². The maximum atomic E-state index is 10.6. The van der Waals surface area contributed by atoms with E-state index < -0.39 is 5.97 Å². The minimum Gasteiger partial charge on any atom is -0.242 e. The van der Waals surface area contributed by atoms with Crippen LogP contribution in [0.1, 0.15) is 61.4 Å². The monoisotopic (exact) mass is 233 g/mol. The minimum atomic E-state index is -1.10. The zero-order chi connectivity index (χ0) is 12.5. The van der Waals surface area contributed by atoms with Crippen molar-refractivity contribution in [2.24, 2.45) is 0 Å². The molecule has 2 nitrogen and oxygen atoms in total. The summed E-state index contributed by atoms with van der Waals surface area (Å²) in [6.45, 7) is 2.22. The highest BCUT2D eigenvalue weighted by molar-refractivity contribution is 5.87. The second-order valence-corrected chi connectivity index (χ2v) is 4.50. The number of carbonyl (C=O) groups is 1. The minimum absolute atomic E-state index is 0.261. The Bertz CT molecular complexity index is 327. The molecule has 93 valence electrons. The molecule has 1 aromatic carbocycles. The van der Waals surface area contributed by atoms with E-state index in [1.807, 2.05) is 12.1 Å². The third-order valence-electron chi connectivity index (χ3n) is 3.01. The van der Waals surface area contributed by atoms with Crippen LogP contribution < -0.4 is 0 Å². The van der Waals surface area contributed by atoms with Gasteiger partial charge in [0.05, 0.1) is 5.56 Å². The lowest BCUT2D eigenvalue weighted by Gasteiger charge is -2.02. The number of rotatable bonds is 8. The molecule has 0 saturated heterocycles. The van der Waals surface area contributed by atoms with E-state index in [-0.39, 0.29) is 5.56 Å². The summed E-state index contributed by atoms with van der Waals surface area (Å²) >= 11 is 0. The highest BCUT2D eigenvalue weighted by atomic mass is 16.4. The lowest BCUT2D eigenvalue weighted by Crippen LogP contribution is -1.94. The van der Waals surface area contributed by atoms with E-state index in [0.29, 0.717) is 0 Å². The van der Waals surface area contributed by atoms with Crippen LogP contribution in [-0.2, 0) is 11.5 Å². The van der Waals surface area contributed by atoms with Gasteiger partial charge >= 0.3 is 5.97 Å². The van der Waals surface area contributed by atoms with Gasteiger partial charge in [-0.1, -0.05) is 51.2 Å². The SMILES string of the molecule is CCCCCCCCc1ccc(C([O])=O)cc1. The largest absolute Gasteiger partial charge is 0.386 e. The fourth-order valence-electron chi connectivity index (χ4n) is 1.92. The van der Waals surface area contributed by atoms with Crippen LogP contribution in [0.3, 0.4) is 0 Å². The number of unbranched alkanes of at least 4 members (excludes halogenated alkanes) is 5. The van der Waals surface area contributed by atoms with Crippen molar-refractivity contribution in [1.82, 2.24) is 0 Å². The van der Waals surface area contributed by atoms with Crippen LogP contribution in [0, 0.1) is 0 Å². The van der Waals surface area contributed by atoms with Crippen LogP contribution in [0.2, 0.25) is 0 Å². The maximum Gasteiger partial charge on any atom is 0.386 e. The van der Waals surface area contributed by atoms with Gasteiger partial charge in [0.1, 0.15) is 0 Å². The summed E-state index contributed by atoms with van der Waals surface area (Å²) in [4.78, 5) is 10.6. The van der Waals surface area contributed by atoms with Crippen molar-refractivity contribution in [1.29, 1.82) is 0 Å². The number of aryl methyl sites for hydroxylation is 1. The van der Waals surface area contributed by atoms with Crippen molar-refractivity contribution in [3.05, 3.63) is 35.4 Å². The van der Waals surface area contributed by atoms with Crippen molar-refractivity contribution < 1.29 is 9.90 Å². The molecule has 1 radical (unpaired) electrons. The summed E-state index contributed by atoms with van der Waals surface area (Å²) in [6, 6.07) is 7.03. The summed E-state index contributed by atoms with van der Waals surface area (Å²) < 4.78 is 0. The van der Waals surface area contributed by atoms with Crippen LogP contribution in [-0.4, -0.2) is 5.97 Å². The molecule has 0 fully saturated rings. The van der Waals surface area contributed by atoms with Crippen molar-refractivity contribution in [2.75, 3.05) is 0 Å². The molecule has 0 aliphatic rings. The third-order valence-corrected chi connectivity index (χ3v) is 3.01. The molecule has 0 N–H and O–H groups in total. The zero-order valence-electron chi connectivity index (χ0n) is 10.6. The molecule has 0 aliphatic carbocycles. The van der Waals surface area contributed by atoms with Gasteiger partial charge in [0.15, 0.2) is 0 Å². The summed E-state index contributed by atoms with van der Waals surface area (Å²) in [5, 5.41) is 10.6. The summed E-state index contributed by atoms with van der Waals surface area (Å²) in [5.41, 5.74) is 1.47. The summed E-state index contributed by atoms with van der Waals surface area (Å²) in [7, 11) is 0. The van der Waals surface area contributed by atoms with Gasteiger partial charge in [-0.05, 0) is 30.5 Å². The Hall–Kier alpha value is -1.31. The van der Waals surface area contributed by atoms with Gasteiger partial charge in [0, 0.05) is 0 Å². The second kappa shape index (κ2) is 7.88. The van der Waals surface area contributed by atoms with E-state index >= 15 is 0 Å². The first-order valence-corrected chi connectivity index (χ1v) is 6.54. The maximum absolute atomic E-state index is 10.6. The standard InChI is InChI=1S/C15H21O2/c1-2-3-4-5-6-7-8-13-9-11-14(12-10-13)15(16)17/h9-12H,2-8H2,1H3. The molecular formula is C15H21O2. The number of hydrogen-bond donors (Lipinski definition) is 0. The summed E-state index contributed by atoms with van der Waals surface area (Å²) in [6.07, 6.45) is 8.76. The highest BCUT2D eigenvalue weighted by Gasteiger charge is 2.03. The Morgan fingerprint density at radius 3 is 2.12 bits per heavy atom. The molecule has 0 amide bonds. The molecule has 0 aliphatic heterocycles. The molecule has 1 rings (SSSR count). The number of hydrogen-bond acceptors (Lipinski definition) is 1. The van der Waals surface area contributed by atoms with Crippen molar-refractivity contribution in [3.8, 4) is 0 Å². The average molecular weight is 233 g/mol. The van der Waals surface area contributed by atoms with E-state index in [4.69, 9.17) is 0 Å². The van der Waals surface area contributed by atoms with Gasteiger partial charge in [0.25, 0.3) is 0 Å². The Labute approximate surface area is 104 Å². The highest BCUT2D eigenvalue weighted by Crippen LogP contribution is 2.11. The van der Waals surface area contributed by atoms with Gasteiger partial charge in [-0.15, -0.1) is 0 Å². The molecule has 1 aromatic rings. The molecular weight excluding hydrogens is 212 g/mol. The predicted molar refractivity (Wildman–Crippen MR) is 68.5 cm³/mol. The van der Waals surface area contributed by atoms with Gasteiger partial charge < -0.3 is 0 Å². The Balaban J connectivity index is 2.21. The van der Waals surface area contributed by atoms with Crippen LogP contribution in [0.4, 0.5) is 0 Å². The van der Waals surface area contributed by atoms with Gasteiger partial charge in [0.2, 0.25) is 0 Å². The Kier molecular flexibility index (Phi) is 6.38. The first-order valence-electron chi connectivity index (χ1n) is 6.54. The lowest BCUT2D eigenvalue weighted by atomic mass is 10.0. The van der Waals surface area contributed by atoms with Crippen molar-refractivity contribution in [2.45, 2.75) is 51.9 Å². The van der Waals surface area contributed by atoms with Gasteiger partial charge in [-0.25, -0.2) is 9.90 Å². The second-order valence-electron chi connectivity index (χ2n) is 4.50. The Morgan fingerprint density at radius 1 is 0.941 bits per heavy atom. The van der Waals surface area contributed by atoms with Gasteiger partial charge in [-0.3, -0.25) is 0 Å². The van der Waals surface area contributed by atoms with E-state index in [2.05, 4.69) is 6.92 Å². The molecule has 2 heteroatoms. The molecule has 0 atom stereocenters. The lowest BCUT2D eigenvalue weighted by molar-refractivity contribution is 0.0573. The Morgan fingerprint density at radius 2 is 1.53 bits per heavy atom. The number of benzene rings is 1. The quantitative estimate of drug-likeness (QED) is 0.621. The van der Waals surface area contributed by atoms with Crippen LogP contribution in [0.15, 0.2) is 24.3 Å². The predicted octanol–water partition coefficient (Wildman–Crippen LogP) is 4.16.